The van der Waals surface area contributed by atoms with E-state index in [9.17, 15) is 14.4 Å². The van der Waals surface area contributed by atoms with Gasteiger partial charge in [-0.15, -0.1) is 0 Å². The number of imide groups is 1. The second-order valence-corrected chi connectivity index (χ2v) is 5.34. The van der Waals surface area contributed by atoms with Crippen LogP contribution >= 0.6 is 11.8 Å². The largest absolute Gasteiger partial charge is 0.478 e. The van der Waals surface area contributed by atoms with Gasteiger partial charge < -0.3 is 10.4 Å². The van der Waals surface area contributed by atoms with Gasteiger partial charge in [0.15, 0.2) is 5.37 Å². The zero-order valence-electron chi connectivity index (χ0n) is 10.8. The lowest BCUT2D eigenvalue weighted by Crippen LogP contribution is -2.34. The van der Waals surface area contributed by atoms with E-state index >= 15 is 0 Å². The molecule has 7 heteroatoms. The molecule has 1 heterocycles. The van der Waals surface area contributed by atoms with E-state index in [1.54, 1.807) is 12.1 Å². The molecule has 2 rings (SSSR count). The van der Waals surface area contributed by atoms with Gasteiger partial charge in [-0.2, -0.15) is 0 Å². The third kappa shape index (κ3) is 2.93. The Labute approximate surface area is 120 Å². The number of carboxylic acids is 1. The van der Waals surface area contributed by atoms with Crippen LogP contribution < -0.4 is 5.32 Å². The zero-order valence-corrected chi connectivity index (χ0v) is 11.6. The lowest BCUT2D eigenvalue weighted by atomic mass is 10.2. The normalized spacial score (nSPS) is 18.4. The molecule has 1 atom stereocenters. The molecule has 1 aliphatic heterocycles. The van der Waals surface area contributed by atoms with E-state index < -0.39 is 11.3 Å². The van der Waals surface area contributed by atoms with Crippen molar-refractivity contribution in [3.63, 3.8) is 0 Å². The highest BCUT2D eigenvalue weighted by atomic mass is 32.2. The van der Waals surface area contributed by atoms with Crippen molar-refractivity contribution >= 4 is 34.6 Å². The van der Waals surface area contributed by atoms with Gasteiger partial charge in [0.05, 0.1) is 5.56 Å². The first-order chi connectivity index (χ1) is 9.52. The van der Waals surface area contributed by atoms with E-state index in [0.29, 0.717) is 18.7 Å². The third-order valence-electron chi connectivity index (χ3n) is 2.78. The average Bonchev–Trinajstić information content (AvgIpc) is 2.67. The Morgan fingerprint density at radius 3 is 2.85 bits per heavy atom. The molecule has 1 fully saturated rings. The Hall–Kier alpha value is -2.02. The van der Waals surface area contributed by atoms with Crippen LogP contribution in [0.4, 0.5) is 10.5 Å². The number of carboxylic acid groups (broad SMARTS) is 1. The predicted molar refractivity (Wildman–Crippen MR) is 75.8 cm³/mol. The van der Waals surface area contributed by atoms with Gasteiger partial charge in [-0.3, -0.25) is 14.5 Å². The van der Waals surface area contributed by atoms with Gasteiger partial charge in [-0.1, -0.05) is 13.0 Å². The number of hydrogen-bond acceptors (Lipinski definition) is 5. The number of amides is 2. The van der Waals surface area contributed by atoms with E-state index in [4.69, 9.17) is 5.11 Å². The molecule has 1 aliphatic rings. The van der Waals surface area contributed by atoms with Gasteiger partial charge in [0.2, 0.25) is 0 Å². The quantitative estimate of drug-likeness (QED) is 0.866. The molecule has 0 spiro atoms. The maximum atomic E-state index is 12.0. The zero-order chi connectivity index (χ0) is 14.7. The fourth-order valence-electron chi connectivity index (χ4n) is 1.86. The van der Waals surface area contributed by atoms with Crippen LogP contribution in [0, 0.1) is 0 Å². The van der Waals surface area contributed by atoms with Gasteiger partial charge in [-0.05, 0) is 36.4 Å². The second-order valence-electron chi connectivity index (χ2n) is 4.28. The molecule has 1 unspecified atom stereocenters. The summed E-state index contributed by atoms with van der Waals surface area (Å²) in [5.74, 6) is -1.33. The summed E-state index contributed by atoms with van der Waals surface area (Å²) < 4.78 is 0. The molecule has 20 heavy (non-hydrogen) atoms. The number of benzene rings is 1. The lowest BCUT2D eigenvalue weighted by Gasteiger charge is -2.14. The van der Waals surface area contributed by atoms with E-state index in [1.807, 2.05) is 6.92 Å². The maximum absolute atomic E-state index is 12.0. The van der Waals surface area contributed by atoms with Crippen molar-refractivity contribution in [1.29, 1.82) is 0 Å². The highest BCUT2D eigenvalue weighted by Crippen LogP contribution is 2.28. The summed E-state index contributed by atoms with van der Waals surface area (Å²) in [5.41, 5.74) is 0.629. The molecule has 1 saturated heterocycles. The number of nitrogens with zero attached hydrogens (tertiary/aromatic N) is 1. The van der Waals surface area contributed by atoms with Crippen molar-refractivity contribution < 1.29 is 19.5 Å². The highest BCUT2D eigenvalue weighted by Gasteiger charge is 2.39. The number of carbonyl (C=O) groups is 3. The van der Waals surface area contributed by atoms with Crippen LogP contribution in [0.5, 0.6) is 0 Å². The average molecular weight is 294 g/mol. The molecule has 2 amide bonds. The first-order valence-electron chi connectivity index (χ1n) is 6.15. The van der Waals surface area contributed by atoms with Crippen molar-refractivity contribution in [3.05, 3.63) is 29.8 Å². The molecule has 0 saturated carbocycles. The van der Waals surface area contributed by atoms with Crippen molar-refractivity contribution in [2.75, 3.05) is 11.9 Å². The van der Waals surface area contributed by atoms with Crippen LogP contribution in [0.25, 0.3) is 0 Å². The minimum absolute atomic E-state index is 0.127. The maximum Gasteiger partial charge on any atom is 0.335 e. The van der Waals surface area contributed by atoms with Gasteiger partial charge in [0, 0.05) is 12.2 Å². The molecule has 6 nitrogen and oxygen atoms in total. The van der Waals surface area contributed by atoms with E-state index in [2.05, 4.69) is 5.32 Å². The van der Waals surface area contributed by atoms with Crippen LogP contribution in [0.15, 0.2) is 24.3 Å². The monoisotopic (exact) mass is 294 g/mol. The molecule has 2 N–H and O–H groups in total. The SMILES string of the molecule is CCCN1C(=O)SC(Nc2cccc(C(=O)O)c2)C1=O. The van der Waals surface area contributed by atoms with Crippen LogP contribution in [0.2, 0.25) is 0 Å². The van der Waals surface area contributed by atoms with Crippen LogP contribution in [0.1, 0.15) is 23.7 Å². The molecule has 0 aliphatic carbocycles. The number of rotatable bonds is 5. The first kappa shape index (κ1) is 14.4. The number of aromatic carboxylic acids is 1. The number of nitrogens with one attached hydrogen (secondary N) is 1. The molecule has 0 aromatic heterocycles. The van der Waals surface area contributed by atoms with E-state index in [-0.39, 0.29) is 16.7 Å². The van der Waals surface area contributed by atoms with Crippen molar-refractivity contribution in [3.8, 4) is 0 Å². The van der Waals surface area contributed by atoms with E-state index in [1.165, 1.54) is 17.0 Å². The predicted octanol–water partition coefficient (Wildman–Crippen LogP) is 2.23. The van der Waals surface area contributed by atoms with Crippen LogP contribution in [0.3, 0.4) is 0 Å². The summed E-state index contributed by atoms with van der Waals surface area (Å²) in [4.78, 5) is 35.8. The number of carbonyl (C=O) groups excluding carboxylic acids is 2. The summed E-state index contributed by atoms with van der Waals surface area (Å²) in [6.07, 6.45) is 0.708. The Morgan fingerprint density at radius 2 is 2.20 bits per heavy atom. The molecule has 1 aromatic rings. The van der Waals surface area contributed by atoms with Crippen LogP contribution in [-0.4, -0.2) is 39.0 Å². The Balaban J connectivity index is 2.11. The topological polar surface area (TPSA) is 86.7 Å². The lowest BCUT2D eigenvalue weighted by molar-refractivity contribution is -0.126. The number of hydrogen-bond donors (Lipinski definition) is 2. The first-order valence-corrected chi connectivity index (χ1v) is 7.02. The fraction of sp³-hybridized carbons (Fsp3) is 0.308. The van der Waals surface area contributed by atoms with Crippen molar-refractivity contribution in [2.24, 2.45) is 0 Å². The van der Waals surface area contributed by atoms with Gasteiger partial charge >= 0.3 is 5.97 Å². The number of anilines is 1. The minimum atomic E-state index is -1.04. The molecule has 106 valence electrons. The minimum Gasteiger partial charge on any atom is -0.478 e. The molecular weight excluding hydrogens is 280 g/mol. The Bertz CT molecular complexity index is 561. The second kappa shape index (κ2) is 5.96. The molecule has 1 aromatic carbocycles. The summed E-state index contributed by atoms with van der Waals surface area (Å²) in [5, 5.41) is 10.8. The van der Waals surface area contributed by atoms with E-state index in [0.717, 1.165) is 11.8 Å². The highest BCUT2D eigenvalue weighted by molar-refractivity contribution is 8.15. The summed E-state index contributed by atoms with van der Waals surface area (Å²) in [6.45, 7) is 2.29. The molecular formula is C13H14N2O4S. The summed E-state index contributed by atoms with van der Waals surface area (Å²) in [6, 6.07) is 6.14. The van der Waals surface area contributed by atoms with Gasteiger partial charge in [0.1, 0.15) is 0 Å². The van der Waals surface area contributed by atoms with Crippen molar-refractivity contribution in [2.45, 2.75) is 18.7 Å². The molecule has 0 bridgehead atoms. The molecule has 0 radical (unpaired) electrons. The Kier molecular flexibility index (Phi) is 4.29. The van der Waals surface area contributed by atoms with Crippen molar-refractivity contribution in [1.82, 2.24) is 4.90 Å². The van der Waals surface area contributed by atoms with Gasteiger partial charge in [-0.25, -0.2) is 4.79 Å². The Morgan fingerprint density at radius 1 is 1.45 bits per heavy atom. The van der Waals surface area contributed by atoms with Crippen LogP contribution in [-0.2, 0) is 4.79 Å². The van der Waals surface area contributed by atoms with Gasteiger partial charge in [0.25, 0.3) is 11.1 Å². The third-order valence-corrected chi connectivity index (χ3v) is 3.76. The summed E-state index contributed by atoms with van der Waals surface area (Å²) >= 11 is 0.910. The summed E-state index contributed by atoms with van der Waals surface area (Å²) in [7, 11) is 0. The smallest absolute Gasteiger partial charge is 0.335 e. The fourth-order valence-corrected chi connectivity index (χ4v) is 2.79. The standard InChI is InChI=1S/C13H14N2O4S/c1-2-6-15-11(16)10(20-13(15)19)14-9-5-3-4-8(7-9)12(17)18/h3-5,7,10,14H,2,6H2,1H3,(H,17,18). The number of thioether (sulfide) groups is 1.